The van der Waals surface area contributed by atoms with Crippen LogP contribution in [0.4, 0.5) is 4.39 Å². The van der Waals surface area contributed by atoms with E-state index in [2.05, 4.69) is 15.9 Å². The second-order valence-corrected chi connectivity index (χ2v) is 6.60. The van der Waals surface area contributed by atoms with Crippen LogP contribution in [0, 0.1) is 5.82 Å². The third kappa shape index (κ3) is 3.99. The lowest BCUT2D eigenvalue weighted by Gasteiger charge is -2.19. The second kappa shape index (κ2) is 6.44. The zero-order valence-corrected chi connectivity index (χ0v) is 12.5. The molecule has 5 nitrogen and oxygen atoms in total. The summed E-state index contributed by atoms with van der Waals surface area (Å²) in [6.45, 7) is 1.15. The number of carboxylic acids is 1. The van der Waals surface area contributed by atoms with Crippen LogP contribution >= 0.6 is 15.9 Å². The topological polar surface area (TPSA) is 74.7 Å². The number of carboxylic acid groups (broad SMARTS) is 1. The number of benzene rings is 1. The van der Waals surface area contributed by atoms with E-state index in [1.165, 1.54) is 12.1 Å². The molecule has 0 saturated heterocycles. The van der Waals surface area contributed by atoms with Crippen LogP contribution in [0.15, 0.2) is 27.6 Å². The van der Waals surface area contributed by atoms with E-state index in [1.807, 2.05) is 0 Å². The largest absolute Gasteiger partial charge is 0.480 e. The minimum Gasteiger partial charge on any atom is -0.480 e. The lowest BCUT2D eigenvalue weighted by molar-refractivity contribution is -0.137. The van der Waals surface area contributed by atoms with Gasteiger partial charge in [-0.25, -0.2) is 12.8 Å². The Bertz CT molecular complexity index is 576. The van der Waals surface area contributed by atoms with Crippen LogP contribution in [0.3, 0.4) is 0 Å². The molecule has 0 radical (unpaired) electrons. The number of nitrogens with zero attached hydrogens (tertiary/aromatic N) is 1. The van der Waals surface area contributed by atoms with Gasteiger partial charge in [-0.3, -0.25) is 4.79 Å². The van der Waals surface area contributed by atoms with E-state index in [-0.39, 0.29) is 15.9 Å². The maximum Gasteiger partial charge on any atom is 0.318 e. The number of hydrogen-bond acceptors (Lipinski definition) is 3. The highest BCUT2D eigenvalue weighted by Gasteiger charge is 2.26. The zero-order chi connectivity index (χ0) is 14.6. The molecule has 1 rings (SSSR count). The van der Waals surface area contributed by atoms with E-state index in [4.69, 9.17) is 5.11 Å². The van der Waals surface area contributed by atoms with Crippen molar-refractivity contribution in [2.45, 2.75) is 18.2 Å². The molecule has 0 aliphatic rings. The van der Waals surface area contributed by atoms with Gasteiger partial charge >= 0.3 is 5.97 Å². The van der Waals surface area contributed by atoms with Crippen molar-refractivity contribution in [3.8, 4) is 0 Å². The number of sulfonamides is 1. The van der Waals surface area contributed by atoms with Crippen LogP contribution in [0.2, 0.25) is 0 Å². The Hall–Kier alpha value is -0.990. The van der Waals surface area contributed by atoms with Crippen molar-refractivity contribution in [1.29, 1.82) is 0 Å². The summed E-state index contributed by atoms with van der Waals surface area (Å²) >= 11 is 2.93. The van der Waals surface area contributed by atoms with E-state index in [0.717, 1.165) is 10.4 Å². The molecule has 0 bridgehead atoms. The van der Waals surface area contributed by atoms with Gasteiger partial charge < -0.3 is 5.11 Å². The van der Waals surface area contributed by atoms with Crippen molar-refractivity contribution in [2.24, 2.45) is 0 Å². The van der Waals surface area contributed by atoms with Crippen LogP contribution in [0.1, 0.15) is 13.3 Å². The molecule has 0 atom stereocenters. The Balaban J connectivity index is 3.18. The van der Waals surface area contributed by atoms with Gasteiger partial charge in [0.15, 0.2) is 0 Å². The molecule has 8 heteroatoms. The fourth-order valence-corrected chi connectivity index (χ4v) is 3.21. The monoisotopic (exact) mass is 353 g/mol. The molecule has 1 aromatic rings. The lowest BCUT2D eigenvalue weighted by Crippen LogP contribution is -2.36. The van der Waals surface area contributed by atoms with Crippen molar-refractivity contribution < 1.29 is 22.7 Å². The first-order valence-corrected chi connectivity index (χ1v) is 7.69. The maximum absolute atomic E-state index is 13.4. The standard InChI is InChI=1S/C11H13BrFNO4S/c1-2-5-14(7-11(15)16)19(17,18)8-3-4-9(12)10(13)6-8/h3-4,6H,2,5,7H2,1H3,(H,15,16). The summed E-state index contributed by atoms with van der Waals surface area (Å²) in [7, 11) is -4.01. The molecular formula is C11H13BrFNO4S. The number of aliphatic carboxylic acids is 1. The number of rotatable bonds is 6. The average Bonchev–Trinajstić information content (AvgIpc) is 2.31. The van der Waals surface area contributed by atoms with Crippen LogP contribution in [-0.4, -0.2) is 36.9 Å². The molecule has 0 amide bonds. The number of halogens is 2. The molecule has 0 unspecified atom stereocenters. The van der Waals surface area contributed by atoms with Crippen LogP contribution < -0.4 is 0 Å². The van der Waals surface area contributed by atoms with Crippen molar-refractivity contribution in [3.63, 3.8) is 0 Å². The smallest absolute Gasteiger partial charge is 0.318 e. The van der Waals surface area contributed by atoms with Gasteiger partial charge in [0, 0.05) is 6.54 Å². The molecule has 1 aromatic carbocycles. The first kappa shape index (κ1) is 16.1. The van der Waals surface area contributed by atoms with Gasteiger partial charge in [0.2, 0.25) is 10.0 Å². The second-order valence-electron chi connectivity index (χ2n) is 3.81. The van der Waals surface area contributed by atoms with Gasteiger partial charge in [0.25, 0.3) is 0 Å². The van der Waals surface area contributed by atoms with Crippen LogP contribution in [-0.2, 0) is 14.8 Å². The van der Waals surface area contributed by atoms with Crippen molar-refractivity contribution in [2.75, 3.05) is 13.1 Å². The average molecular weight is 354 g/mol. The minimum absolute atomic E-state index is 0.0618. The molecule has 0 aliphatic heterocycles. The van der Waals surface area contributed by atoms with E-state index in [1.54, 1.807) is 6.92 Å². The van der Waals surface area contributed by atoms with Crippen LogP contribution in [0.25, 0.3) is 0 Å². The number of carbonyl (C=O) groups is 1. The summed E-state index contributed by atoms with van der Waals surface area (Å²) < 4.78 is 38.7. The highest BCUT2D eigenvalue weighted by Crippen LogP contribution is 2.22. The molecule has 19 heavy (non-hydrogen) atoms. The molecule has 0 aromatic heterocycles. The Kier molecular flexibility index (Phi) is 5.45. The van der Waals surface area contributed by atoms with Gasteiger partial charge in [-0.05, 0) is 40.5 Å². The van der Waals surface area contributed by atoms with Gasteiger partial charge in [-0.2, -0.15) is 4.31 Å². The van der Waals surface area contributed by atoms with Crippen LogP contribution in [0.5, 0.6) is 0 Å². The van der Waals surface area contributed by atoms with E-state index in [0.29, 0.717) is 6.42 Å². The molecule has 0 spiro atoms. The Morgan fingerprint density at radius 2 is 2.11 bits per heavy atom. The fraction of sp³-hybridized carbons (Fsp3) is 0.364. The molecule has 1 N–H and O–H groups in total. The van der Waals surface area contributed by atoms with E-state index in [9.17, 15) is 17.6 Å². The first-order chi connectivity index (χ1) is 8.78. The van der Waals surface area contributed by atoms with Crippen molar-refractivity contribution in [3.05, 3.63) is 28.5 Å². The predicted molar refractivity (Wildman–Crippen MR) is 70.8 cm³/mol. The van der Waals surface area contributed by atoms with Gasteiger partial charge in [-0.15, -0.1) is 0 Å². The highest BCUT2D eigenvalue weighted by atomic mass is 79.9. The third-order valence-corrected chi connectivity index (χ3v) is 4.80. The molecule has 0 aliphatic carbocycles. The zero-order valence-electron chi connectivity index (χ0n) is 10.1. The SMILES string of the molecule is CCCN(CC(=O)O)S(=O)(=O)c1ccc(Br)c(F)c1. The summed E-state index contributed by atoms with van der Waals surface area (Å²) in [6.07, 6.45) is 0.464. The summed E-state index contributed by atoms with van der Waals surface area (Å²) in [6, 6.07) is 3.37. The predicted octanol–water partition coefficient (Wildman–Crippen LogP) is 2.07. The molecule has 106 valence electrons. The minimum atomic E-state index is -4.01. The summed E-state index contributed by atoms with van der Waals surface area (Å²) in [5.74, 6) is -1.97. The summed E-state index contributed by atoms with van der Waals surface area (Å²) in [5, 5.41) is 8.73. The fourth-order valence-electron chi connectivity index (χ4n) is 1.47. The molecule has 0 saturated carbocycles. The van der Waals surface area contributed by atoms with Gasteiger partial charge in [-0.1, -0.05) is 6.92 Å². The van der Waals surface area contributed by atoms with Crippen molar-refractivity contribution in [1.82, 2.24) is 4.31 Å². The lowest BCUT2D eigenvalue weighted by atomic mass is 10.3. The Morgan fingerprint density at radius 3 is 2.58 bits per heavy atom. The van der Waals surface area contributed by atoms with E-state index >= 15 is 0 Å². The molecular weight excluding hydrogens is 341 g/mol. The first-order valence-electron chi connectivity index (χ1n) is 5.46. The summed E-state index contributed by atoms with van der Waals surface area (Å²) in [5.41, 5.74) is 0. The maximum atomic E-state index is 13.4. The van der Waals surface area contributed by atoms with Gasteiger partial charge in [0.1, 0.15) is 12.4 Å². The van der Waals surface area contributed by atoms with Crippen molar-refractivity contribution >= 4 is 31.9 Å². The Morgan fingerprint density at radius 1 is 1.47 bits per heavy atom. The molecule has 0 heterocycles. The highest BCUT2D eigenvalue weighted by molar-refractivity contribution is 9.10. The van der Waals surface area contributed by atoms with E-state index < -0.39 is 28.4 Å². The summed E-state index contributed by atoms with van der Waals surface area (Å²) in [4.78, 5) is 10.4. The molecule has 0 fully saturated rings. The Labute approximate surface area is 119 Å². The quantitative estimate of drug-likeness (QED) is 0.849. The third-order valence-electron chi connectivity index (χ3n) is 2.31. The normalized spacial score (nSPS) is 11.8. The van der Waals surface area contributed by atoms with Gasteiger partial charge in [0.05, 0.1) is 9.37 Å². The number of hydrogen-bond donors (Lipinski definition) is 1.